The van der Waals surface area contributed by atoms with E-state index in [0.29, 0.717) is 17.9 Å². The SMILES string of the molecule is COC(=O)CS[C@@H]1CCN(C(=O)c2ccc(-c3cccc(OC)c3)cc2)C1. The van der Waals surface area contributed by atoms with E-state index in [0.717, 1.165) is 29.8 Å². The minimum Gasteiger partial charge on any atom is -0.497 e. The second-order valence-electron chi connectivity index (χ2n) is 6.36. The van der Waals surface area contributed by atoms with Crippen LogP contribution < -0.4 is 4.74 Å². The van der Waals surface area contributed by atoms with E-state index < -0.39 is 0 Å². The van der Waals surface area contributed by atoms with Gasteiger partial charge in [-0.3, -0.25) is 9.59 Å². The average Bonchev–Trinajstić information content (AvgIpc) is 3.20. The zero-order valence-corrected chi connectivity index (χ0v) is 16.3. The van der Waals surface area contributed by atoms with Crippen molar-refractivity contribution in [3.05, 3.63) is 54.1 Å². The maximum atomic E-state index is 12.7. The van der Waals surface area contributed by atoms with Crippen LogP contribution in [0.25, 0.3) is 11.1 Å². The normalized spacial score (nSPS) is 16.2. The fourth-order valence-electron chi connectivity index (χ4n) is 3.08. The lowest BCUT2D eigenvalue weighted by Crippen LogP contribution is -2.29. The molecule has 0 bridgehead atoms. The Bertz CT molecular complexity index is 806. The van der Waals surface area contributed by atoms with Crippen molar-refractivity contribution in [2.45, 2.75) is 11.7 Å². The molecular weight excluding hydrogens is 362 g/mol. The summed E-state index contributed by atoms with van der Waals surface area (Å²) in [5, 5.41) is 0.282. The van der Waals surface area contributed by atoms with Crippen molar-refractivity contribution in [1.82, 2.24) is 4.90 Å². The lowest BCUT2D eigenvalue weighted by molar-refractivity contribution is -0.137. The zero-order valence-electron chi connectivity index (χ0n) is 15.5. The van der Waals surface area contributed by atoms with Gasteiger partial charge in [-0.05, 0) is 41.8 Å². The Morgan fingerprint density at radius 2 is 1.89 bits per heavy atom. The minimum absolute atomic E-state index is 0.0355. The summed E-state index contributed by atoms with van der Waals surface area (Å²) < 4.78 is 9.93. The number of hydrogen-bond acceptors (Lipinski definition) is 5. The Hall–Kier alpha value is -2.47. The highest BCUT2D eigenvalue weighted by Crippen LogP contribution is 2.26. The lowest BCUT2D eigenvalue weighted by atomic mass is 10.0. The molecule has 3 rings (SSSR count). The molecule has 1 aliphatic rings. The van der Waals surface area contributed by atoms with Gasteiger partial charge in [-0.15, -0.1) is 11.8 Å². The molecule has 0 aromatic heterocycles. The van der Waals surface area contributed by atoms with Crippen LogP contribution in [0.15, 0.2) is 48.5 Å². The van der Waals surface area contributed by atoms with E-state index in [1.165, 1.54) is 7.11 Å². The molecule has 0 unspecified atom stereocenters. The Labute approximate surface area is 163 Å². The molecule has 2 aromatic rings. The van der Waals surface area contributed by atoms with Crippen molar-refractivity contribution in [3.8, 4) is 16.9 Å². The first-order valence-corrected chi connectivity index (χ1v) is 9.87. The standard InChI is InChI=1S/C21H23NO4S/c1-25-18-5-3-4-17(12-18)15-6-8-16(9-7-15)21(24)22-11-10-19(13-22)27-14-20(23)26-2/h3-9,12,19H,10-11,13-14H2,1-2H3/t19-/m1/s1. The molecule has 1 amide bonds. The van der Waals surface area contributed by atoms with E-state index in [1.807, 2.05) is 53.4 Å². The average molecular weight is 385 g/mol. The van der Waals surface area contributed by atoms with Gasteiger partial charge in [0.1, 0.15) is 5.75 Å². The number of nitrogens with zero attached hydrogens (tertiary/aromatic N) is 1. The first-order valence-electron chi connectivity index (χ1n) is 8.83. The molecule has 0 saturated carbocycles. The summed E-state index contributed by atoms with van der Waals surface area (Å²) in [6, 6.07) is 15.5. The summed E-state index contributed by atoms with van der Waals surface area (Å²) in [6.45, 7) is 1.38. The Morgan fingerprint density at radius 1 is 1.11 bits per heavy atom. The maximum Gasteiger partial charge on any atom is 0.315 e. The van der Waals surface area contributed by atoms with Crippen LogP contribution in [0.1, 0.15) is 16.8 Å². The molecule has 0 N–H and O–H groups in total. The lowest BCUT2D eigenvalue weighted by Gasteiger charge is -2.16. The van der Waals surface area contributed by atoms with Gasteiger partial charge in [-0.2, -0.15) is 0 Å². The first kappa shape index (κ1) is 19.3. The van der Waals surface area contributed by atoms with Crippen molar-refractivity contribution in [2.24, 2.45) is 0 Å². The molecule has 0 aliphatic carbocycles. The Balaban J connectivity index is 1.61. The number of esters is 1. The molecule has 1 saturated heterocycles. The number of amides is 1. The number of hydrogen-bond donors (Lipinski definition) is 0. The first-order chi connectivity index (χ1) is 13.1. The van der Waals surface area contributed by atoms with Crippen LogP contribution >= 0.6 is 11.8 Å². The Kier molecular flexibility index (Phi) is 6.40. The van der Waals surface area contributed by atoms with Crippen molar-refractivity contribution in [3.63, 3.8) is 0 Å². The van der Waals surface area contributed by atoms with Crippen molar-refractivity contribution < 1.29 is 19.1 Å². The third-order valence-electron chi connectivity index (χ3n) is 4.63. The van der Waals surface area contributed by atoms with Crippen LogP contribution in [0.2, 0.25) is 0 Å². The minimum atomic E-state index is -0.224. The molecule has 142 valence electrons. The molecule has 6 heteroatoms. The van der Waals surface area contributed by atoms with Gasteiger partial charge in [-0.1, -0.05) is 24.3 Å². The fraction of sp³-hybridized carbons (Fsp3) is 0.333. The van der Waals surface area contributed by atoms with Crippen LogP contribution in [0.3, 0.4) is 0 Å². The van der Waals surface area contributed by atoms with Gasteiger partial charge in [0.05, 0.1) is 20.0 Å². The van der Waals surface area contributed by atoms with Crippen molar-refractivity contribution in [1.29, 1.82) is 0 Å². The third kappa shape index (κ3) is 4.83. The van der Waals surface area contributed by atoms with Gasteiger partial charge >= 0.3 is 5.97 Å². The van der Waals surface area contributed by atoms with Crippen LogP contribution in [-0.2, 0) is 9.53 Å². The number of carbonyl (C=O) groups excluding carboxylic acids is 2. The second-order valence-corrected chi connectivity index (χ2v) is 7.65. The molecule has 1 aliphatic heterocycles. The van der Waals surface area contributed by atoms with Gasteiger partial charge in [-0.25, -0.2) is 0 Å². The topological polar surface area (TPSA) is 55.8 Å². The van der Waals surface area contributed by atoms with Gasteiger partial charge in [0.25, 0.3) is 5.91 Å². The number of likely N-dealkylation sites (tertiary alicyclic amines) is 1. The zero-order chi connectivity index (χ0) is 19.2. The molecule has 27 heavy (non-hydrogen) atoms. The van der Waals surface area contributed by atoms with Crippen LogP contribution in [0.5, 0.6) is 5.75 Å². The molecule has 1 fully saturated rings. The number of benzene rings is 2. The van der Waals surface area contributed by atoms with Gasteiger partial charge in [0, 0.05) is 23.9 Å². The van der Waals surface area contributed by atoms with Crippen LogP contribution in [-0.4, -0.2) is 55.1 Å². The van der Waals surface area contributed by atoms with E-state index in [9.17, 15) is 9.59 Å². The van der Waals surface area contributed by atoms with E-state index >= 15 is 0 Å². The molecule has 0 radical (unpaired) electrons. The number of ether oxygens (including phenoxy) is 2. The summed E-state index contributed by atoms with van der Waals surface area (Å²) in [5.74, 6) is 0.949. The van der Waals surface area contributed by atoms with Gasteiger partial charge in [0.15, 0.2) is 0 Å². The quantitative estimate of drug-likeness (QED) is 0.713. The van der Waals surface area contributed by atoms with Crippen LogP contribution in [0, 0.1) is 0 Å². The predicted molar refractivity (Wildman–Crippen MR) is 107 cm³/mol. The highest BCUT2D eigenvalue weighted by atomic mass is 32.2. The molecule has 1 atom stereocenters. The smallest absolute Gasteiger partial charge is 0.315 e. The van der Waals surface area contributed by atoms with Gasteiger partial charge in [0.2, 0.25) is 0 Å². The predicted octanol–water partition coefficient (Wildman–Crippen LogP) is 3.48. The number of rotatable bonds is 6. The summed E-state index contributed by atoms with van der Waals surface area (Å²) in [5.41, 5.74) is 2.77. The number of carbonyl (C=O) groups is 2. The molecular formula is C21H23NO4S. The largest absolute Gasteiger partial charge is 0.497 e. The monoisotopic (exact) mass is 385 g/mol. The summed E-state index contributed by atoms with van der Waals surface area (Å²) in [7, 11) is 3.04. The van der Waals surface area contributed by atoms with Crippen molar-refractivity contribution in [2.75, 3.05) is 33.1 Å². The Morgan fingerprint density at radius 3 is 2.59 bits per heavy atom. The summed E-state index contributed by atoms with van der Waals surface area (Å²) in [6.07, 6.45) is 0.898. The molecule has 1 heterocycles. The number of methoxy groups -OCH3 is 2. The summed E-state index contributed by atoms with van der Waals surface area (Å²) in [4.78, 5) is 25.9. The third-order valence-corrected chi connectivity index (χ3v) is 5.89. The van der Waals surface area contributed by atoms with E-state index in [-0.39, 0.29) is 17.1 Å². The fourth-order valence-corrected chi connectivity index (χ4v) is 4.13. The summed E-state index contributed by atoms with van der Waals surface area (Å²) >= 11 is 1.56. The highest BCUT2D eigenvalue weighted by molar-refractivity contribution is 8.00. The van der Waals surface area contributed by atoms with E-state index in [1.54, 1.807) is 18.9 Å². The highest BCUT2D eigenvalue weighted by Gasteiger charge is 2.27. The van der Waals surface area contributed by atoms with Crippen LogP contribution in [0.4, 0.5) is 0 Å². The molecule has 2 aromatic carbocycles. The van der Waals surface area contributed by atoms with Crippen molar-refractivity contribution >= 4 is 23.6 Å². The van der Waals surface area contributed by atoms with Gasteiger partial charge < -0.3 is 14.4 Å². The van der Waals surface area contributed by atoms with E-state index in [4.69, 9.17) is 4.74 Å². The molecule has 0 spiro atoms. The molecule has 5 nitrogen and oxygen atoms in total. The van der Waals surface area contributed by atoms with E-state index in [2.05, 4.69) is 4.74 Å². The number of thioether (sulfide) groups is 1. The maximum absolute atomic E-state index is 12.7. The second kappa shape index (κ2) is 8.95.